The van der Waals surface area contributed by atoms with Crippen molar-refractivity contribution in [3.8, 4) is 5.75 Å². The van der Waals surface area contributed by atoms with E-state index in [9.17, 15) is 9.90 Å². The lowest BCUT2D eigenvalue weighted by atomic mass is 10.3. The highest BCUT2D eigenvalue weighted by Gasteiger charge is 2.13. The standard InChI is InChI=1S/C13H14N2O3S/c1-8-9(6-12(18-8)13(17)15-14)7-19-11-4-2-10(16)3-5-11/h2-6,16H,7,14H2,1H3,(H,15,17). The van der Waals surface area contributed by atoms with E-state index in [0.717, 1.165) is 10.5 Å². The summed E-state index contributed by atoms with van der Waals surface area (Å²) in [6, 6.07) is 8.63. The summed E-state index contributed by atoms with van der Waals surface area (Å²) in [5.74, 6) is 6.44. The average molecular weight is 278 g/mol. The van der Waals surface area contributed by atoms with Crippen LogP contribution in [0.15, 0.2) is 39.6 Å². The number of thioether (sulfide) groups is 1. The van der Waals surface area contributed by atoms with Gasteiger partial charge in [-0.2, -0.15) is 0 Å². The zero-order chi connectivity index (χ0) is 13.8. The number of nitrogens with two attached hydrogens (primary N) is 1. The van der Waals surface area contributed by atoms with Crippen LogP contribution in [0.2, 0.25) is 0 Å². The Bertz CT molecular complexity index is 578. The molecule has 5 nitrogen and oxygen atoms in total. The van der Waals surface area contributed by atoms with Gasteiger partial charge in [0.1, 0.15) is 11.5 Å². The number of carbonyl (C=O) groups excluding carboxylic acids is 1. The number of hydrogen-bond acceptors (Lipinski definition) is 5. The maximum atomic E-state index is 11.3. The quantitative estimate of drug-likeness (QED) is 0.345. The monoisotopic (exact) mass is 278 g/mol. The number of phenols is 1. The number of benzene rings is 1. The minimum Gasteiger partial charge on any atom is -0.508 e. The van der Waals surface area contributed by atoms with Crippen LogP contribution in [0.5, 0.6) is 5.75 Å². The van der Waals surface area contributed by atoms with Gasteiger partial charge in [-0.15, -0.1) is 11.8 Å². The molecule has 0 saturated carbocycles. The van der Waals surface area contributed by atoms with Crippen molar-refractivity contribution >= 4 is 17.7 Å². The number of aryl methyl sites for hydroxylation is 1. The van der Waals surface area contributed by atoms with Gasteiger partial charge in [0.15, 0.2) is 5.76 Å². The van der Waals surface area contributed by atoms with Gasteiger partial charge in [-0.05, 0) is 37.3 Å². The number of rotatable bonds is 4. The molecule has 0 atom stereocenters. The van der Waals surface area contributed by atoms with E-state index in [-0.39, 0.29) is 11.5 Å². The highest BCUT2D eigenvalue weighted by atomic mass is 32.2. The molecule has 1 aromatic carbocycles. The van der Waals surface area contributed by atoms with E-state index in [1.165, 1.54) is 0 Å². The smallest absolute Gasteiger partial charge is 0.300 e. The highest BCUT2D eigenvalue weighted by Crippen LogP contribution is 2.27. The number of amides is 1. The third kappa shape index (κ3) is 3.30. The number of hydrogen-bond donors (Lipinski definition) is 3. The van der Waals surface area contributed by atoms with Gasteiger partial charge in [-0.25, -0.2) is 5.84 Å². The number of nitrogens with one attached hydrogen (secondary N) is 1. The lowest BCUT2D eigenvalue weighted by Crippen LogP contribution is -2.29. The first-order valence-electron chi connectivity index (χ1n) is 5.62. The van der Waals surface area contributed by atoms with Gasteiger partial charge in [-0.1, -0.05) is 0 Å². The summed E-state index contributed by atoms with van der Waals surface area (Å²) in [5, 5.41) is 9.20. The van der Waals surface area contributed by atoms with E-state index in [1.54, 1.807) is 36.9 Å². The molecule has 19 heavy (non-hydrogen) atoms. The maximum Gasteiger partial charge on any atom is 0.300 e. The minimum absolute atomic E-state index is 0.210. The number of nitrogen functional groups attached to an aromatic ring is 1. The van der Waals surface area contributed by atoms with Crippen LogP contribution in [0.4, 0.5) is 0 Å². The number of furan rings is 1. The molecule has 2 rings (SSSR count). The summed E-state index contributed by atoms with van der Waals surface area (Å²) in [5.41, 5.74) is 2.98. The molecule has 0 spiro atoms. The second-order valence-electron chi connectivity index (χ2n) is 3.95. The predicted octanol–water partition coefficient (Wildman–Crippen LogP) is 2.19. The average Bonchev–Trinajstić information content (AvgIpc) is 2.79. The third-order valence-electron chi connectivity index (χ3n) is 2.61. The van der Waals surface area contributed by atoms with Gasteiger partial charge in [0.2, 0.25) is 0 Å². The number of carbonyl (C=O) groups is 1. The molecule has 2 aromatic rings. The number of hydrazine groups is 1. The number of aromatic hydroxyl groups is 1. The molecule has 0 aliphatic carbocycles. The zero-order valence-electron chi connectivity index (χ0n) is 10.3. The van der Waals surface area contributed by atoms with E-state index >= 15 is 0 Å². The molecular formula is C13H14N2O3S. The lowest BCUT2D eigenvalue weighted by molar-refractivity contribution is 0.0924. The van der Waals surface area contributed by atoms with Gasteiger partial charge in [0.05, 0.1) is 0 Å². The van der Waals surface area contributed by atoms with Crippen molar-refractivity contribution in [2.75, 3.05) is 0 Å². The van der Waals surface area contributed by atoms with Crippen LogP contribution >= 0.6 is 11.8 Å². The normalized spacial score (nSPS) is 10.4. The van der Waals surface area contributed by atoms with Crippen molar-refractivity contribution in [2.24, 2.45) is 5.84 Å². The summed E-state index contributed by atoms with van der Waals surface area (Å²) < 4.78 is 5.33. The topological polar surface area (TPSA) is 88.5 Å². The first-order valence-corrected chi connectivity index (χ1v) is 6.61. The van der Waals surface area contributed by atoms with E-state index in [1.807, 2.05) is 17.6 Å². The summed E-state index contributed by atoms with van der Waals surface area (Å²) in [7, 11) is 0. The Morgan fingerprint density at radius 2 is 2.11 bits per heavy atom. The van der Waals surface area contributed by atoms with Crippen LogP contribution in [-0.4, -0.2) is 11.0 Å². The molecule has 0 bridgehead atoms. The second kappa shape index (κ2) is 5.81. The summed E-state index contributed by atoms with van der Waals surface area (Å²) in [6.07, 6.45) is 0. The minimum atomic E-state index is -0.441. The fourth-order valence-electron chi connectivity index (χ4n) is 1.55. The molecule has 0 unspecified atom stereocenters. The summed E-state index contributed by atoms with van der Waals surface area (Å²) >= 11 is 1.59. The van der Waals surface area contributed by atoms with Crippen LogP contribution in [0.1, 0.15) is 21.9 Å². The lowest BCUT2D eigenvalue weighted by Gasteiger charge is -2.00. The molecule has 0 fully saturated rings. The Labute approximate surface area is 114 Å². The van der Waals surface area contributed by atoms with Crippen LogP contribution in [0.25, 0.3) is 0 Å². The molecule has 0 saturated heterocycles. The highest BCUT2D eigenvalue weighted by molar-refractivity contribution is 7.98. The van der Waals surface area contributed by atoms with Crippen LogP contribution < -0.4 is 11.3 Å². The molecule has 4 N–H and O–H groups in total. The van der Waals surface area contributed by atoms with Gasteiger partial charge in [-0.3, -0.25) is 10.2 Å². The van der Waals surface area contributed by atoms with Crippen molar-refractivity contribution in [3.63, 3.8) is 0 Å². The van der Waals surface area contributed by atoms with Gasteiger partial charge >= 0.3 is 5.91 Å². The van der Waals surface area contributed by atoms with Crippen molar-refractivity contribution < 1.29 is 14.3 Å². The van der Waals surface area contributed by atoms with Gasteiger partial charge in [0, 0.05) is 16.2 Å². The van der Waals surface area contributed by atoms with E-state index < -0.39 is 5.91 Å². The van der Waals surface area contributed by atoms with E-state index in [0.29, 0.717) is 11.5 Å². The molecular weight excluding hydrogens is 264 g/mol. The fraction of sp³-hybridized carbons (Fsp3) is 0.154. The molecule has 1 aromatic heterocycles. The molecule has 1 amide bonds. The largest absolute Gasteiger partial charge is 0.508 e. The van der Waals surface area contributed by atoms with Crippen LogP contribution in [-0.2, 0) is 5.75 Å². The van der Waals surface area contributed by atoms with Crippen LogP contribution in [0, 0.1) is 6.92 Å². The summed E-state index contributed by atoms with van der Waals surface area (Å²) in [6.45, 7) is 1.81. The van der Waals surface area contributed by atoms with Crippen molar-refractivity contribution in [1.82, 2.24) is 5.43 Å². The molecule has 0 aliphatic rings. The van der Waals surface area contributed by atoms with Gasteiger partial charge in [0.25, 0.3) is 0 Å². The molecule has 0 radical (unpaired) electrons. The Kier molecular flexibility index (Phi) is 4.13. The second-order valence-corrected chi connectivity index (χ2v) is 5.00. The van der Waals surface area contributed by atoms with Crippen molar-refractivity contribution in [1.29, 1.82) is 0 Å². The SMILES string of the molecule is Cc1oc(C(=O)NN)cc1CSc1ccc(O)cc1. The van der Waals surface area contributed by atoms with Crippen molar-refractivity contribution in [2.45, 2.75) is 17.6 Å². The third-order valence-corrected chi connectivity index (χ3v) is 3.67. The first kappa shape index (κ1) is 13.5. The summed E-state index contributed by atoms with van der Waals surface area (Å²) in [4.78, 5) is 12.4. The van der Waals surface area contributed by atoms with E-state index in [4.69, 9.17) is 10.3 Å². The Balaban J connectivity index is 2.05. The Morgan fingerprint density at radius 3 is 2.74 bits per heavy atom. The Hall–Kier alpha value is -1.92. The zero-order valence-corrected chi connectivity index (χ0v) is 11.2. The van der Waals surface area contributed by atoms with Crippen LogP contribution in [0.3, 0.4) is 0 Å². The number of phenolic OH excluding ortho intramolecular Hbond substituents is 1. The van der Waals surface area contributed by atoms with Gasteiger partial charge < -0.3 is 9.52 Å². The predicted molar refractivity (Wildman–Crippen MR) is 72.8 cm³/mol. The maximum absolute atomic E-state index is 11.3. The molecule has 6 heteroatoms. The molecule has 100 valence electrons. The van der Waals surface area contributed by atoms with Crippen molar-refractivity contribution in [3.05, 3.63) is 47.4 Å². The fourth-order valence-corrected chi connectivity index (χ4v) is 2.49. The first-order chi connectivity index (χ1) is 9.10. The molecule has 1 heterocycles. The Morgan fingerprint density at radius 1 is 1.42 bits per heavy atom. The van der Waals surface area contributed by atoms with E-state index in [2.05, 4.69) is 0 Å². The molecule has 0 aliphatic heterocycles.